The summed E-state index contributed by atoms with van der Waals surface area (Å²) < 4.78 is 5.60. The van der Waals surface area contributed by atoms with Crippen LogP contribution >= 0.6 is 0 Å². The predicted molar refractivity (Wildman–Crippen MR) is 116 cm³/mol. The van der Waals surface area contributed by atoms with Crippen LogP contribution in [-0.4, -0.2) is 22.2 Å². The van der Waals surface area contributed by atoms with Gasteiger partial charge in [-0.3, -0.25) is 0 Å². The Morgan fingerprint density at radius 2 is 1.59 bits per heavy atom. The zero-order valence-corrected chi connectivity index (χ0v) is 16.7. The number of rotatable bonds is 5. The summed E-state index contributed by atoms with van der Waals surface area (Å²) in [5, 5.41) is 15.5. The molecule has 29 heavy (non-hydrogen) atoms. The van der Waals surface area contributed by atoms with Crippen LogP contribution < -0.4 is 10.1 Å². The van der Waals surface area contributed by atoms with E-state index < -0.39 is 0 Å². The van der Waals surface area contributed by atoms with E-state index in [0.29, 0.717) is 11.1 Å². The second-order valence-electron chi connectivity index (χ2n) is 7.01. The van der Waals surface area contributed by atoms with Crippen molar-refractivity contribution in [3.63, 3.8) is 0 Å². The highest BCUT2D eigenvalue weighted by Gasteiger charge is 2.23. The molecular weight excluding hydrogens is 362 g/mol. The molecule has 0 aliphatic carbocycles. The predicted octanol–water partition coefficient (Wildman–Crippen LogP) is 5.16. The van der Waals surface area contributed by atoms with Crippen LogP contribution in [0.25, 0.3) is 10.9 Å². The third kappa shape index (κ3) is 3.72. The number of anilines is 1. The van der Waals surface area contributed by atoms with Gasteiger partial charge in [0.25, 0.3) is 0 Å². The molecule has 5 nitrogen and oxygen atoms in total. The number of para-hydroxylation sites is 1. The van der Waals surface area contributed by atoms with E-state index in [9.17, 15) is 5.11 Å². The molecule has 5 heteroatoms. The number of hydrogen-bond donors (Lipinski definition) is 2. The number of pyridine rings is 2. The Hall–Kier alpha value is -3.60. The standard InChI is InChI=1S/C24H23N3O2/c1-15-7-6-10-21(25-15)27-23(18-8-4-5-9-20(18)29-3)19-14-13-17-12-11-16(2)26-22(17)24(19)28/h4-14,23,28H,1-3H3,(H,25,27). The topological polar surface area (TPSA) is 67.3 Å². The first kappa shape index (κ1) is 18.7. The zero-order valence-electron chi connectivity index (χ0n) is 16.7. The molecule has 1 atom stereocenters. The SMILES string of the molecule is COc1ccccc1C(Nc1cccc(C)n1)c1ccc2ccc(C)nc2c1O. The number of nitrogens with zero attached hydrogens (tertiary/aromatic N) is 2. The van der Waals surface area contributed by atoms with Gasteiger partial charge < -0.3 is 15.2 Å². The Morgan fingerprint density at radius 1 is 0.828 bits per heavy atom. The fraction of sp³-hybridized carbons (Fsp3) is 0.167. The first-order chi connectivity index (χ1) is 14.1. The number of aromatic hydroxyl groups is 1. The molecule has 0 aliphatic heterocycles. The van der Waals surface area contributed by atoms with Crippen LogP contribution in [0, 0.1) is 13.8 Å². The highest BCUT2D eigenvalue weighted by molar-refractivity contribution is 5.86. The number of ether oxygens (including phenoxy) is 1. The molecule has 2 heterocycles. The molecular formula is C24H23N3O2. The van der Waals surface area contributed by atoms with Crippen molar-refractivity contribution in [1.29, 1.82) is 0 Å². The van der Waals surface area contributed by atoms with E-state index in [-0.39, 0.29) is 11.8 Å². The van der Waals surface area contributed by atoms with E-state index >= 15 is 0 Å². The van der Waals surface area contributed by atoms with E-state index in [2.05, 4.69) is 15.3 Å². The van der Waals surface area contributed by atoms with Gasteiger partial charge in [0.15, 0.2) is 0 Å². The molecule has 1 unspecified atom stereocenters. The van der Waals surface area contributed by atoms with Crippen molar-refractivity contribution in [3.05, 3.63) is 89.2 Å². The number of benzene rings is 2. The number of phenolic OH excluding ortho intramolecular Hbond substituents is 1. The van der Waals surface area contributed by atoms with Crippen LogP contribution in [0.4, 0.5) is 5.82 Å². The summed E-state index contributed by atoms with van der Waals surface area (Å²) in [6.07, 6.45) is 0. The fourth-order valence-electron chi connectivity index (χ4n) is 3.52. The minimum absolute atomic E-state index is 0.155. The average molecular weight is 385 g/mol. The van der Waals surface area contributed by atoms with Gasteiger partial charge in [-0.25, -0.2) is 9.97 Å². The monoisotopic (exact) mass is 385 g/mol. The Bertz CT molecular complexity index is 1170. The molecule has 0 radical (unpaired) electrons. The highest BCUT2D eigenvalue weighted by Crippen LogP contribution is 2.39. The molecule has 2 aromatic heterocycles. The lowest BCUT2D eigenvalue weighted by atomic mass is 9.95. The maximum atomic E-state index is 11.1. The van der Waals surface area contributed by atoms with Crippen molar-refractivity contribution in [2.24, 2.45) is 0 Å². The first-order valence-corrected chi connectivity index (χ1v) is 9.49. The molecule has 146 valence electrons. The summed E-state index contributed by atoms with van der Waals surface area (Å²) in [4.78, 5) is 9.13. The zero-order chi connectivity index (χ0) is 20.4. The second-order valence-corrected chi connectivity index (χ2v) is 7.01. The third-order valence-corrected chi connectivity index (χ3v) is 4.95. The number of aromatic nitrogens is 2. The molecule has 0 fully saturated rings. The largest absolute Gasteiger partial charge is 0.505 e. The molecule has 0 amide bonds. The van der Waals surface area contributed by atoms with Gasteiger partial charge in [-0.2, -0.15) is 0 Å². The van der Waals surface area contributed by atoms with Crippen LogP contribution in [0.5, 0.6) is 11.5 Å². The molecule has 0 spiro atoms. The van der Waals surface area contributed by atoms with E-state index in [1.54, 1.807) is 7.11 Å². The van der Waals surface area contributed by atoms with E-state index in [1.165, 1.54) is 0 Å². The smallest absolute Gasteiger partial charge is 0.147 e. The van der Waals surface area contributed by atoms with Gasteiger partial charge in [0.05, 0.1) is 13.2 Å². The quantitative estimate of drug-likeness (QED) is 0.496. The third-order valence-electron chi connectivity index (χ3n) is 4.95. The minimum Gasteiger partial charge on any atom is -0.505 e. The Labute approximate surface area is 170 Å². The molecule has 4 aromatic rings. The number of phenols is 1. The van der Waals surface area contributed by atoms with Crippen LogP contribution in [0.3, 0.4) is 0 Å². The van der Waals surface area contributed by atoms with Crippen molar-refractivity contribution in [1.82, 2.24) is 9.97 Å². The molecule has 0 aliphatic rings. The van der Waals surface area contributed by atoms with Gasteiger partial charge in [-0.15, -0.1) is 0 Å². The molecule has 0 saturated carbocycles. The Kier molecular flexibility index (Phi) is 5.04. The minimum atomic E-state index is -0.368. The summed E-state index contributed by atoms with van der Waals surface area (Å²) in [6, 6.07) is 21.0. The lowest BCUT2D eigenvalue weighted by molar-refractivity contribution is 0.408. The van der Waals surface area contributed by atoms with Crippen molar-refractivity contribution < 1.29 is 9.84 Å². The molecule has 0 bridgehead atoms. The Morgan fingerprint density at radius 3 is 2.38 bits per heavy atom. The lowest BCUT2D eigenvalue weighted by Crippen LogP contribution is -2.15. The van der Waals surface area contributed by atoms with Crippen molar-refractivity contribution in [3.8, 4) is 11.5 Å². The summed E-state index contributed by atoms with van der Waals surface area (Å²) in [7, 11) is 1.64. The molecule has 0 saturated heterocycles. The fourth-order valence-corrected chi connectivity index (χ4v) is 3.52. The maximum absolute atomic E-state index is 11.1. The molecule has 2 N–H and O–H groups in total. The first-order valence-electron chi connectivity index (χ1n) is 9.49. The number of aryl methyl sites for hydroxylation is 2. The van der Waals surface area contributed by atoms with Crippen LogP contribution in [0.1, 0.15) is 28.6 Å². The highest BCUT2D eigenvalue weighted by atomic mass is 16.5. The van der Waals surface area contributed by atoms with Crippen molar-refractivity contribution in [2.75, 3.05) is 12.4 Å². The molecule has 2 aromatic carbocycles. The number of fused-ring (bicyclic) bond motifs is 1. The number of methoxy groups -OCH3 is 1. The van der Waals surface area contributed by atoms with E-state index in [1.807, 2.05) is 80.6 Å². The van der Waals surface area contributed by atoms with Gasteiger partial charge in [-0.1, -0.05) is 42.5 Å². The van der Waals surface area contributed by atoms with Gasteiger partial charge in [0.1, 0.15) is 22.8 Å². The van der Waals surface area contributed by atoms with E-state index in [4.69, 9.17) is 4.74 Å². The number of nitrogens with one attached hydrogen (secondary N) is 1. The Balaban J connectivity index is 1.90. The van der Waals surface area contributed by atoms with Gasteiger partial charge in [-0.05, 0) is 38.1 Å². The second kappa shape index (κ2) is 7.80. The van der Waals surface area contributed by atoms with Gasteiger partial charge in [0.2, 0.25) is 0 Å². The van der Waals surface area contributed by atoms with Crippen molar-refractivity contribution in [2.45, 2.75) is 19.9 Å². The van der Waals surface area contributed by atoms with Crippen LogP contribution in [0.2, 0.25) is 0 Å². The normalized spacial score (nSPS) is 12.0. The number of hydrogen-bond acceptors (Lipinski definition) is 5. The average Bonchev–Trinajstić information content (AvgIpc) is 2.73. The summed E-state index contributed by atoms with van der Waals surface area (Å²) in [6.45, 7) is 3.86. The van der Waals surface area contributed by atoms with Crippen LogP contribution in [-0.2, 0) is 0 Å². The summed E-state index contributed by atoms with van der Waals surface area (Å²) in [5.41, 5.74) is 3.96. The van der Waals surface area contributed by atoms with E-state index in [0.717, 1.165) is 33.9 Å². The molecule has 4 rings (SSSR count). The summed E-state index contributed by atoms with van der Waals surface area (Å²) >= 11 is 0. The summed E-state index contributed by atoms with van der Waals surface area (Å²) in [5.74, 6) is 1.61. The van der Waals surface area contributed by atoms with Gasteiger partial charge >= 0.3 is 0 Å². The maximum Gasteiger partial charge on any atom is 0.147 e. The van der Waals surface area contributed by atoms with Gasteiger partial charge in [0, 0.05) is 27.9 Å². The van der Waals surface area contributed by atoms with Crippen molar-refractivity contribution >= 4 is 16.7 Å². The lowest BCUT2D eigenvalue weighted by Gasteiger charge is -2.24. The van der Waals surface area contributed by atoms with Crippen LogP contribution in [0.15, 0.2) is 66.7 Å².